The van der Waals surface area contributed by atoms with Crippen LogP contribution in [0, 0.1) is 0 Å². The zero-order valence-corrected chi connectivity index (χ0v) is 14.0. The molecule has 1 amide bonds. The van der Waals surface area contributed by atoms with Crippen LogP contribution in [-0.4, -0.2) is 42.6 Å². The normalized spacial score (nSPS) is 28.8. The van der Waals surface area contributed by atoms with Crippen molar-refractivity contribution < 1.29 is 9.53 Å². The van der Waals surface area contributed by atoms with Crippen molar-refractivity contribution >= 4 is 5.91 Å². The van der Waals surface area contributed by atoms with Gasteiger partial charge in [0.05, 0.1) is 6.10 Å². The summed E-state index contributed by atoms with van der Waals surface area (Å²) in [5.41, 5.74) is 1.21. The van der Waals surface area contributed by atoms with Crippen molar-refractivity contribution in [3.8, 4) is 0 Å². The Morgan fingerprint density at radius 2 is 1.83 bits per heavy atom. The average Bonchev–Trinajstić information content (AvgIpc) is 2.59. The van der Waals surface area contributed by atoms with Gasteiger partial charge in [0.2, 0.25) is 5.91 Å². The van der Waals surface area contributed by atoms with Crippen LogP contribution in [0.1, 0.15) is 44.1 Å². The van der Waals surface area contributed by atoms with Gasteiger partial charge in [-0.25, -0.2) is 0 Å². The molecule has 1 saturated heterocycles. The Morgan fingerprint density at radius 3 is 2.52 bits per heavy atom. The minimum Gasteiger partial charge on any atom is -0.381 e. The molecule has 1 aromatic rings. The summed E-state index contributed by atoms with van der Waals surface area (Å²) in [7, 11) is 1.81. The predicted molar refractivity (Wildman–Crippen MR) is 91.1 cm³/mol. The standard InChI is InChI=1S/C19H28N2O2/c1-23-18-10-7-16(8-11-18)20-17-9-12-19(22)21(14-17)13-15-5-3-2-4-6-15/h2-6,16-18,20H,7-14H2,1H3. The van der Waals surface area contributed by atoms with Gasteiger partial charge >= 0.3 is 0 Å². The van der Waals surface area contributed by atoms with Gasteiger partial charge in [-0.05, 0) is 37.7 Å². The van der Waals surface area contributed by atoms with Gasteiger partial charge in [0.1, 0.15) is 0 Å². The lowest BCUT2D eigenvalue weighted by Gasteiger charge is -2.37. The second-order valence-corrected chi connectivity index (χ2v) is 6.87. The Hall–Kier alpha value is -1.39. The highest BCUT2D eigenvalue weighted by atomic mass is 16.5. The Bertz CT molecular complexity index is 497. The molecule has 126 valence electrons. The molecular weight excluding hydrogens is 288 g/mol. The minimum atomic E-state index is 0.287. The summed E-state index contributed by atoms with van der Waals surface area (Å²) in [6, 6.07) is 11.3. The number of likely N-dealkylation sites (tertiary alicyclic amines) is 1. The summed E-state index contributed by atoms with van der Waals surface area (Å²) in [5, 5.41) is 3.79. The van der Waals surface area contributed by atoms with Crippen LogP contribution in [0.25, 0.3) is 0 Å². The molecule has 2 aliphatic rings. The molecule has 23 heavy (non-hydrogen) atoms. The molecule has 0 aromatic heterocycles. The van der Waals surface area contributed by atoms with Crippen LogP contribution in [0.15, 0.2) is 30.3 Å². The first kappa shape index (κ1) is 16.5. The first-order valence-corrected chi connectivity index (χ1v) is 8.85. The summed E-state index contributed by atoms with van der Waals surface area (Å²) >= 11 is 0. The third-order valence-corrected chi connectivity index (χ3v) is 5.20. The van der Waals surface area contributed by atoms with Crippen molar-refractivity contribution in [3.63, 3.8) is 0 Å². The number of nitrogens with zero attached hydrogens (tertiary/aromatic N) is 1. The molecule has 1 atom stereocenters. The van der Waals surface area contributed by atoms with Gasteiger partial charge in [-0.3, -0.25) is 4.79 Å². The number of nitrogens with one attached hydrogen (secondary N) is 1. The van der Waals surface area contributed by atoms with Crippen LogP contribution in [0.4, 0.5) is 0 Å². The molecule has 4 heteroatoms. The monoisotopic (exact) mass is 316 g/mol. The molecule has 1 aromatic carbocycles. The fraction of sp³-hybridized carbons (Fsp3) is 0.632. The van der Waals surface area contributed by atoms with Gasteiger partial charge in [-0.1, -0.05) is 30.3 Å². The number of carbonyl (C=O) groups is 1. The summed E-state index contributed by atoms with van der Waals surface area (Å²) in [5.74, 6) is 0.287. The van der Waals surface area contributed by atoms with Crippen molar-refractivity contribution in [2.75, 3.05) is 13.7 Å². The average molecular weight is 316 g/mol. The van der Waals surface area contributed by atoms with Crippen LogP contribution in [0.3, 0.4) is 0 Å². The zero-order chi connectivity index (χ0) is 16.1. The Balaban J connectivity index is 1.50. The molecule has 0 bridgehead atoms. The van der Waals surface area contributed by atoms with E-state index in [-0.39, 0.29) is 5.91 Å². The minimum absolute atomic E-state index is 0.287. The van der Waals surface area contributed by atoms with Gasteiger partial charge in [0, 0.05) is 38.7 Å². The van der Waals surface area contributed by atoms with Crippen LogP contribution >= 0.6 is 0 Å². The van der Waals surface area contributed by atoms with Gasteiger partial charge < -0.3 is 15.0 Å². The molecule has 1 heterocycles. The molecule has 1 N–H and O–H groups in total. The molecule has 1 unspecified atom stereocenters. The van der Waals surface area contributed by atoms with E-state index in [1.807, 2.05) is 30.2 Å². The van der Waals surface area contributed by atoms with E-state index in [0.29, 0.717) is 24.6 Å². The van der Waals surface area contributed by atoms with E-state index in [9.17, 15) is 4.79 Å². The summed E-state index contributed by atoms with van der Waals surface area (Å²) < 4.78 is 5.45. The number of methoxy groups -OCH3 is 1. The lowest BCUT2D eigenvalue weighted by atomic mass is 9.91. The number of rotatable bonds is 5. The van der Waals surface area contributed by atoms with Crippen molar-refractivity contribution in [2.45, 2.75) is 63.3 Å². The first-order valence-electron chi connectivity index (χ1n) is 8.85. The van der Waals surface area contributed by atoms with E-state index in [4.69, 9.17) is 4.74 Å². The zero-order valence-electron chi connectivity index (χ0n) is 14.0. The quantitative estimate of drug-likeness (QED) is 0.908. The number of ether oxygens (including phenoxy) is 1. The third kappa shape index (κ3) is 4.55. The number of carbonyl (C=O) groups excluding carboxylic acids is 1. The second-order valence-electron chi connectivity index (χ2n) is 6.87. The van der Waals surface area contributed by atoms with Crippen LogP contribution < -0.4 is 5.32 Å². The highest BCUT2D eigenvalue weighted by Gasteiger charge is 2.28. The maximum absolute atomic E-state index is 12.2. The van der Waals surface area contributed by atoms with E-state index in [0.717, 1.165) is 32.4 Å². The molecule has 1 saturated carbocycles. The summed E-state index contributed by atoms with van der Waals surface area (Å²) in [6.45, 7) is 1.56. The fourth-order valence-electron chi connectivity index (χ4n) is 3.81. The first-order chi connectivity index (χ1) is 11.2. The fourth-order valence-corrected chi connectivity index (χ4v) is 3.81. The summed E-state index contributed by atoms with van der Waals surface area (Å²) in [4.78, 5) is 14.2. The number of amides is 1. The second kappa shape index (κ2) is 7.93. The van der Waals surface area contributed by atoms with Crippen molar-refractivity contribution in [2.24, 2.45) is 0 Å². The molecule has 1 aliphatic carbocycles. The predicted octanol–water partition coefficient (Wildman–Crippen LogP) is 2.72. The Labute approximate surface area is 139 Å². The van der Waals surface area contributed by atoms with Gasteiger partial charge in [0.15, 0.2) is 0 Å². The van der Waals surface area contributed by atoms with Gasteiger partial charge in [0.25, 0.3) is 0 Å². The molecule has 1 aliphatic heterocycles. The molecule has 0 radical (unpaired) electrons. The number of hydrogen-bond acceptors (Lipinski definition) is 3. The smallest absolute Gasteiger partial charge is 0.222 e. The van der Waals surface area contributed by atoms with Crippen LogP contribution in [0.5, 0.6) is 0 Å². The Morgan fingerprint density at radius 1 is 1.09 bits per heavy atom. The third-order valence-electron chi connectivity index (χ3n) is 5.20. The van der Waals surface area contributed by atoms with E-state index in [1.54, 1.807) is 0 Å². The van der Waals surface area contributed by atoms with Gasteiger partial charge in [-0.2, -0.15) is 0 Å². The van der Waals surface area contributed by atoms with Crippen LogP contribution in [-0.2, 0) is 16.1 Å². The SMILES string of the molecule is COC1CCC(NC2CCC(=O)N(Cc3ccccc3)C2)CC1. The van der Waals surface area contributed by atoms with E-state index < -0.39 is 0 Å². The molecule has 2 fully saturated rings. The topological polar surface area (TPSA) is 41.6 Å². The lowest BCUT2D eigenvalue weighted by molar-refractivity contribution is -0.134. The van der Waals surface area contributed by atoms with E-state index in [2.05, 4.69) is 17.4 Å². The largest absolute Gasteiger partial charge is 0.381 e. The number of piperidine rings is 1. The van der Waals surface area contributed by atoms with E-state index in [1.165, 1.54) is 18.4 Å². The lowest BCUT2D eigenvalue weighted by Crippen LogP contribution is -2.51. The maximum Gasteiger partial charge on any atom is 0.222 e. The number of hydrogen-bond donors (Lipinski definition) is 1. The van der Waals surface area contributed by atoms with Crippen LogP contribution in [0.2, 0.25) is 0 Å². The highest BCUT2D eigenvalue weighted by Crippen LogP contribution is 2.23. The van der Waals surface area contributed by atoms with E-state index >= 15 is 0 Å². The summed E-state index contributed by atoms with van der Waals surface area (Å²) in [6.07, 6.45) is 6.73. The number of benzene rings is 1. The van der Waals surface area contributed by atoms with Crippen molar-refractivity contribution in [3.05, 3.63) is 35.9 Å². The maximum atomic E-state index is 12.2. The molecule has 4 nitrogen and oxygen atoms in total. The Kier molecular flexibility index (Phi) is 5.68. The molecular formula is C19H28N2O2. The van der Waals surface area contributed by atoms with Gasteiger partial charge in [-0.15, -0.1) is 0 Å². The molecule has 3 rings (SSSR count). The van der Waals surface area contributed by atoms with Crippen molar-refractivity contribution in [1.82, 2.24) is 10.2 Å². The van der Waals surface area contributed by atoms with Crippen molar-refractivity contribution in [1.29, 1.82) is 0 Å². The molecule has 0 spiro atoms. The highest BCUT2D eigenvalue weighted by molar-refractivity contribution is 5.77.